The van der Waals surface area contributed by atoms with Crippen molar-refractivity contribution in [3.8, 4) is 0 Å². The molecule has 0 heterocycles. The second-order valence-electron chi connectivity index (χ2n) is 0.448. The zero-order valence-electron chi connectivity index (χ0n) is 2.72. The Morgan fingerprint density at radius 2 is 1.00 bits per heavy atom. The van der Waals surface area contributed by atoms with Gasteiger partial charge in [-0.3, -0.25) is 9.11 Å². The van der Waals surface area contributed by atoms with E-state index in [9.17, 15) is 0 Å². The molecule has 0 aromatic carbocycles. The quantitative estimate of drug-likeness (QED) is 0.410. The van der Waals surface area contributed by atoms with E-state index in [2.05, 4.69) is 0 Å². The van der Waals surface area contributed by atoms with Gasteiger partial charge in [-0.05, 0) is 0 Å². The number of hydrogen-bond acceptors (Lipinski definition) is 2. The van der Waals surface area contributed by atoms with Crippen molar-refractivity contribution < 1.29 is 51.7 Å². The fraction of sp³-hybridized carbons (Fsp3) is 0. The van der Waals surface area contributed by atoms with Gasteiger partial charge in [-0.1, -0.05) is 0 Å². The van der Waals surface area contributed by atoms with Crippen molar-refractivity contribution in [1.29, 1.82) is 0 Å². The molecule has 0 aromatic rings. The first-order chi connectivity index (χ1) is 2.00. The van der Waals surface area contributed by atoms with Crippen LogP contribution in [0.1, 0.15) is 0 Å². The van der Waals surface area contributed by atoms with Gasteiger partial charge < -0.3 is 0 Å². The van der Waals surface area contributed by atoms with E-state index in [4.69, 9.17) is 17.5 Å². The molecule has 8 heavy (non-hydrogen) atoms. The Balaban J connectivity index is -0.0000000267. The summed E-state index contributed by atoms with van der Waals surface area (Å²) in [5, 5.41) is 0. The third kappa shape index (κ3) is 89.3. The first-order valence-electron chi connectivity index (χ1n) is 0.698. The maximum Gasteiger partial charge on any atom is 0 e. The topological polar surface area (TPSA) is 74.6 Å². The molecule has 0 aromatic heterocycles. The Hall–Kier alpha value is 2.17. The van der Waals surface area contributed by atoms with Crippen molar-refractivity contribution in [2.24, 2.45) is 0 Å². The number of hydrogen-bond donors (Lipinski definition) is 2. The summed E-state index contributed by atoms with van der Waals surface area (Å²) in [5.41, 5.74) is 0. The van der Waals surface area contributed by atoms with E-state index in [1.165, 1.54) is 0 Å². The fourth-order valence-corrected chi connectivity index (χ4v) is 0. The van der Waals surface area contributed by atoms with Crippen LogP contribution in [0.5, 0.6) is 0 Å². The summed E-state index contributed by atoms with van der Waals surface area (Å²) in [6, 6.07) is 0. The van der Waals surface area contributed by atoms with Crippen LogP contribution in [0.25, 0.3) is 0 Å². The van der Waals surface area contributed by atoms with Crippen LogP contribution in [0, 0.1) is 0 Å². The van der Waals surface area contributed by atoms with E-state index >= 15 is 0 Å². The molecule has 0 amide bonds. The molecule has 0 aliphatic carbocycles. The van der Waals surface area contributed by atoms with Crippen molar-refractivity contribution in [3.63, 3.8) is 0 Å². The van der Waals surface area contributed by atoms with Crippen LogP contribution in [-0.2, 0) is 44.5 Å². The third-order valence-electron chi connectivity index (χ3n) is 0. The average molecular weight is 267 g/mol. The van der Waals surface area contributed by atoms with Gasteiger partial charge in [0.15, 0.2) is 0 Å². The predicted octanol–water partition coefficient (Wildman–Crippen LogP) is -1.57. The summed E-state index contributed by atoms with van der Waals surface area (Å²) < 4.78 is 31.6. The van der Waals surface area contributed by atoms with Gasteiger partial charge in [-0.25, -0.2) is 0 Å². The summed E-state index contributed by atoms with van der Waals surface area (Å²) in [6.45, 7) is 0. The molecule has 0 aliphatic rings. The van der Waals surface area contributed by atoms with Crippen LogP contribution in [0.2, 0.25) is 0 Å². The predicted molar refractivity (Wildman–Crippen MR) is 22.7 cm³/mol. The van der Waals surface area contributed by atoms with Crippen LogP contribution >= 0.6 is 0 Å². The van der Waals surface area contributed by atoms with Crippen molar-refractivity contribution in [2.45, 2.75) is 0 Å². The van der Waals surface area contributed by atoms with Crippen LogP contribution in [0.4, 0.5) is 0 Å². The molecule has 8 heteroatoms. The minimum atomic E-state index is -4.67. The molecule has 0 atom stereocenters. The van der Waals surface area contributed by atoms with Crippen LogP contribution < -0.4 is 0 Å². The summed E-state index contributed by atoms with van der Waals surface area (Å²) in [4.78, 5) is 0. The fourth-order valence-electron chi connectivity index (χ4n) is 0. The maximum absolute atomic E-state index is 8.74. The van der Waals surface area contributed by atoms with Gasteiger partial charge in [-0.15, -0.1) is 0 Å². The summed E-state index contributed by atoms with van der Waals surface area (Å²) in [6.07, 6.45) is 0. The van der Waals surface area contributed by atoms with E-state index in [-0.39, 0.29) is 71.9 Å². The van der Waals surface area contributed by atoms with Gasteiger partial charge in [0.05, 0.1) is 0 Å². The van der Waals surface area contributed by atoms with Gasteiger partial charge in [0, 0.05) is 34.1 Å². The van der Waals surface area contributed by atoms with Gasteiger partial charge in [0.1, 0.15) is 0 Å². The minimum Gasteiger partial charge on any atom is 0 e. The summed E-state index contributed by atoms with van der Waals surface area (Å²) in [7, 11) is -4.67. The Bertz CT molecular complexity index is 97.2. The number of rotatable bonds is 0. The molecule has 0 saturated carbocycles. The molecule has 0 bridgehead atoms. The molecule has 0 spiro atoms. The molecule has 0 saturated heterocycles. The van der Waals surface area contributed by atoms with E-state index in [0.29, 0.717) is 0 Å². The smallest absolute Gasteiger partial charge is 0 e. The molecule has 58 valence electrons. The zero-order chi connectivity index (χ0) is 4.50. The molecule has 0 unspecified atom stereocenters. The van der Waals surface area contributed by atoms with Crippen molar-refractivity contribution in [2.75, 3.05) is 0 Å². The Morgan fingerprint density at radius 1 is 1.00 bits per heavy atom. The zero-order valence-corrected chi connectivity index (χ0v) is 5.42. The van der Waals surface area contributed by atoms with Crippen molar-refractivity contribution >= 4 is 48.1 Å². The van der Waals surface area contributed by atoms with Crippen LogP contribution in [0.3, 0.4) is 0 Å². The molecule has 0 aliphatic heterocycles. The molecule has 2 N–H and O–H groups in total. The first-order valence-corrected chi connectivity index (χ1v) is 2.10. The monoisotopic (exact) mass is 266 g/mol. The molecule has 4 nitrogen and oxygen atoms in total. The molecule has 0 fully saturated rings. The minimum absolute atomic E-state index is 0. The van der Waals surface area contributed by atoms with Crippen LogP contribution in [-0.4, -0.2) is 55.3 Å². The van der Waals surface area contributed by atoms with Gasteiger partial charge in [-0.2, -0.15) is 8.42 Å². The van der Waals surface area contributed by atoms with E-state index < -0.39 is 10.4 Å². The summed E-state index contributed by atoms with van der Waals surface area (Å²) >= 11 is 0. The second-order valence-corrected chi connectivity index (χ2v) is 1.34. The standard InChI is InChI=1S/Ca.2Cu.H2O4S.2H/c;;;1-5(2,3)4;;/h;;;(H2,1,2,3,4);;. The van der Waals surface area contributed by atoms with Gasteiger partial charge in [0.25, 0.3) is 0 Å². The third-order valence-corrected chi connectivity index (χ3v) is 0. The Morgan fingerprint density at radius 3 is 1.00 bits per heavy atom. The van der Waals surface area contributed by atoms with E-state index in [1.807, 2.05) is 0 Å². The van der Waals surface area contributed by atoms with Gasteiger partial charge in [0.2, 0.25) is 0 Å². The largest absolute Gasteiger partial charge is 0 e. The Kier molecular flexibility index (Phi) is 25.7. The van der Waals surface area contributed by atoms with E-state index in [1.54, 1.807) is 0 Å². The van der Waals surface area contributed by atoms with E-state index in [0.717, 1.165) is 0 Å². The first kappa shape index (κ1) is 22.5. The SMILES string of the molecule is O=S(=O)(O)O.[CaH2].[Cu].[Cu]. The molecule has 0 rings (SSSR count). The molecule has 2 radical (unpaired) electrons. The van der Waals surface area contributed by atoms with Crippen molar-refractivity contribution in [1.82, 2.24) is 0 Å². The van der Waals surface area contributed by atoms with Crippen LogP contribution in [0.15, 0.2) is 0 Å². The maximum atomic E-state index is 8.74. The normalized spacial score (nSPS) is 7.25. The Labute approximate surface area is 98.3 Å². The molecular formula is H4CaCu2O4S. The summed E-state index contributed by atoms with van der Waals surface area (Å²) in [5.74, 6) is 0. The second kappa shape index (κ2) is 9.17. The van der Waals surface area contributed by atoms with Crippen molar-refractivity contribution in [3.05, 3.63) is 0 Å². The average Bonchev–Trinajstić information content (AvgIpc) is 0.722. The van der Waals surface area contributed by atoms with Gasteiger partial charge >= 0.3 is 48.1 Å². The molecular weight excluding hydrogens is 263 g/mol.